The molecule has 3 aromatic rings. The van der Waals surface area contributed by atoms with Gasteiger partial charge in [0.25, 0.3) is 0 Å². The van der Waals surface area contributed by atoms with E-state index in [1.54, 1.807) is 18.3 Å². The molecule has 0 atom stereocenters. The molecule has 2 heterocycles. The second-order valence-corrected chi connectivity index (χ2v) is 5.85. The van der Waals surface area contributed by atoms with E-state index >= 15 is 0 Å². The lowest BCUT2D eigenvalue weighted by molar-refractivity contribution is 0.317. The van der Waals surface area contributed by atoms with Gasteiger partial charge in [0, 0.05) is 17.3 Å². The van der Waals surface area contributed by atoms with Crippen molar-refractivity contribution in [2.24, 2.45) is 5.73 Å². The van der Waals surface area contributed by atoms with Crippen LogP contribution in [0.15, 0.2) is 30.5 Å². The van der Waals surface area contributed by atoms with E-state index in [0.717, 1.165) is 5.56 Å². The van der Waals surface area contributed by atoms with E-state index in [1.165, 1.54) is 13.2 Å². The molecule has 0 unspecified atom stereocenters. The Hall–Kier alpha value is -2.54. The fourth-order valence-electron chi connectivity index (χ4n) is 2.45. The van der Waals surface area contributed by atoms with Crippen LogP contribution in [-0.4, -0.2) is 22.1 Å². The van der Waals surface area contributed by atoms with Gasteiger partial charge in [-0.1, -0.05) is 15.5 Å². The molecule has 0 fully saturated rings. The number of rotatable bonds is 3. The minimum Gasteiger partial charge on any atom is -0.495 e. The number of ether oxygens (including phenoxy) is 1. The number of nitrogens with zero attached hydrogens (tertiary/aromatic N) is 3. The third-order valence-electron chi connectivity index (χ3n) is 3.70. The Bertz CT molecular complexity index is 866. The van der Waals surface area contributed by atoms with Crippen LogP contribution in [0.2, 0.25) is 0 Å². The number of methoxy groups -OCH3 is 1. The standard InChI is InChI=1S/C16H16F2N4O/c1-16(2,19)9-4-6-11(20-8-9)10-5-7-12-13(14(10)23-3)15(17)21-22(12)18/h4-8H,19H2,1-3H3. The zero-order valence-electron chi connectivity index (χ0n) is 13.0. The van der Waals surface area contributed by atoms with Crippen molar-refractivity contribution in [2.45, 2.75) is 19.4 Å². The molecule has 0 aliphatic heterocycles. The van der Waals surface area contributed by atoms with Crippen LogP contribution in [0.1, 0.15) is 19.4 Å². The largest absolute Gasteiger partial charge is 0.495 e. The van der Waals surface area contributed by atoms with Crippen LogP contribution >= 0.6 is 0 Å². The van der Waals surface area contributed by atoms with Crippen molar-refractivity contribution in [1.82, 2.24) is 15.0 Å². The maximum atomic E-state index is 13.9. The van der Waals surface area contributed by atoms with Crippen molar-refractivity contribution < 1.29 is 13.6 Å². The first kappa shape index (κ1) is 15.4. The van der Waals surface area contributed by atoms with E-state index in [4.69, 9.17) is 10.5 Å². The quantitative estimate of drug-likeness (QED) is 0.805. The number of halogens is 2. The van der Waals surface area contributed by atoms with Crippen molar-refractivity contribution in [2.75, 3.05) is 7.11 Å². The van der Waals surface area contributed by atoms with E-state index in [9.17, 15) is 8.87 Å². The molecule has 0 aliphatic carbocycles. The highest BCUT2D eigenvalue weighted by Crippen LogP contribution is 2.37. The fourth-order valence-corrected chi connectivity index (χ4v) is 2.45. The molecule has 1 aromatic carbocycles. The average molecular weight is 318 g/mol. The SMILES string of the molecule is COc1c(-c2ccc(C(C)(C)N)cn2)ccc2c1c(F)nn2F. The van der Waals surface area contributed by atoms with Crippen LogP contribution in [0.4, 0.5) is 8.87 Å². The van der Waals surface area contributed by atoms with Gasteiger partial charge < -0.3 is 10.5 Å². The van der Waals surface area contributed by atoms with Crippen molar-refractivity contribution >= 4 is 10.9 Å². The zero-order valence-corrected chi connectivity index (χ0v) is 13.0. The van der Waals surface area contributed by atoms with E-state index in [2.05, 4.69) is 10.1 Å². The molecule has 120 valence electrons. The zero-order chi connectivity index (χ0) is 16.8. The van der Waals surface area contributed by atoms with Gasteiger partial charge in [0.1, 0.15) is 16.7 Å². The summed E-state index contributed by atoms with van der Waals surface area (Å²) in [5, 5.41) is 3.13. The number of hydrogen-bond acceptors (Lipinski definition) is 4. The van der Waals surface area contributed by atoms with Crippen LogP contribution in [0.3, 0.4) is 0 Å². The lowest BCUT2D eigenvalue weighted by atomic mass is 9.96. The van der Waals surface area contributed by atoms with Gasteiger partial charge in [-0.3, -0.25) is 4.98 Å². The summed E-state index contributed by atoms with van der Waals surface area (Å²) in [5.41, 5.74) is 7.51. The first-order chi connectivity index (χ1) is 10.8. The molecular weight excluding hydrogens is 302 g/mol. The lowest BCUT2D eigenvalue weighted by Crippen LogP contribution is -2.28. The summed E-state index contributed by atoms with van der Waals surface area (Å²) in [6.07, 6.45) is 1.66. The normalized spacial score (nSPS) is 11.9. The average Bonchev–Trinajstić information content (AvgIpc) is 2.80. The van der Waals surface area contributed by atoms with Gasteiger partial charge in [0.15, 0.2) is 0 Å². The lowest BCUT2D eigenvalue weighted by Gasteiger charge is -2.19. The summed E-state index contributed by atoms with van der Waals surface area (Å²) in [7, 11) is 1.39. The van der Waals surface area contributed by atoms with Gasteiger partial charge in [0.05, 0.1) is 12.8 Å². The molecule has 7 heteroatoms. The molecule has 0 radical (unpaired) electrons. The molecule has 2 aromatic heterocycles. The van der Waals surface area contributed by atoms with Gasteiger partial charge >= 0.3 is 0 Å². The highest BCUT2D eigenvalue weighted by molar-refractivity contribution is 5.92. The van der Waals surface area contributed by atoms with Gasteiger partial charge in [-0.15, -0.1) is 5.10 Å². The summed E-state index contributed by atoms with van der Waals surface area (Å²) in [5.74, 6) is -0.739. The van der Waals surface area contributed by atoms with Gasteiger partial charge in [-0.05, 0) is 37.6 Å². The second-order valence-electron chi connectivity index (χ2n) is 5.85. The van der Waals surface area contributed by atoms with Gasteiger partial charge in [-0.2, -0.15) is 4.39 Å². The Labute approximate surface area is 131 Å². The molecule has 0 spiro atoms. The monoisotopic (exact) mass is 318 g/mol. The number of fused-ring (bicyclic) bond motifs is 1. The maximum absolute atomic E-state index is 13.9. The molecule has 0 amide bonds. The van der Waals surface area contributed by atoms with Crippen LogP contribution < -0.4 is 10.5 Å². The molecule has 0 saturated carbocycles. The Balaban J connectivity index is 2.18. The van der Waals surface area contributed by atoms with Crippen LogP contribution in [0, 0.1) is 5.95 Å². The van der Waals surface area contributed by atoms with E-state index in [1.807, 2.05) is 19.9 Å². The summed E-state index contributed by atoms with van der Waals surface area (Å²) in [6, 6.07) is 6.67. The molecule has 3 rings (SSSR count). The third kappa shape index (κ3) is 2.53. The van der Waals surface area contributed by atoms with Crippen LogP contribution in [-0.2, 0) is 5.54 Å². The summed E-state index contributed by atoms with van der Waals surface area (Å²) in [4.78, 5) is 4.35. The third-order valence-corrected chi connectivity index (χ3v) is 3.70. The minimum atomic E-state index is -0.930. The van der Waals surface area contributed by atoms with Crippen molar-refractivity contribution in [3.63, 3.8) is 0 Å². The predicted molar refractivity (Wildman–Crippen MR) is 83.2 cm³/mol. The first-order valence-electron chi connectivity index (χ1n) is 7.00. The number of nitrogens with two attached hydrogens (primary N) is 1. The molecule has 0 saturated heterocycles. The molecule has 23 heavy (non-hydrogen) atoms. The number of hydrogen-bond donors (Lipinski definition) is 1. The number of aromatic nitrogens is 3. The van der Waals surface area contributed by atoms with E-state index < -0.39 is 11.5 Å². The Morgan fingerprint density at radius 2 is 1.96 bits per heavy atom. The highest BCUT2D eigenvalue weighted by Gasteiger charge is 2.20. The van der Waals surface area contributed by atoms with Gasteiger partial charge in [-0.25, -0.2) is 0 Å². The Kier molecular flexibility index (Phi) is 3.52. The number of benzene rings is 1. The van der Waals surface area contributed by atoms with Crippen LogP contribution in [0.5, 0.6) is 5.75 Å². The highest BCUT2D eigenvalue weighted by atomic mass is 19.2. The second kappa shape index (κ2) is 5.27. The molecule has 0 bridgehead atoms. The van der Waals surface area contributed by atoms with Crippen molar-refractivity contribution in [3.05, 3.63) is 42.0 Å². The van der Waals surface area contributed by atoms with Crippen molar-refractivity contribution in [3.8, 4) is 17.0 Å². The fraction of sp³-hybridized carbons (Fsp3) is 0.250. The summed E-state index contributed by atoms with van der Waals surface area (Å²) in [6.45, 7) is 3.75. The summed E-state index contributed by atoms with van der Waals surface area (Å²) >= 11 is 0. The minimum absolute atomic E-state index is 0.00260. The maximum Gasteiger partial charge on any atom is 0.247 e. The van der Waals surface area contributed by atoms with E-state index in [-0.39, 0.29) is 21.6 Å². The van der Waals surface area contributed by atoms with Crippen molar-refractivity contribution in [1.29, 1.82) is 0 Å². The Morgan fingerprint density at radius 1 is 1.22 bits per heavy atom. The summed E-state index contributed by atoms with van der Waals surface area (Å²) < 4.78 is 32.7. The first-order valence-corrected chi connectivity index (χ1v) is 7.00. The number of pyridine rings is 1. The molecular formula is C16H16F2N4O. The molecule has 5 nitrogen and oxygen atoms in total. The van der Waals surface area contributed by atoms with E-state index in [0.29, 0.717) is 11.3 Å². The smallest absolute Gasteiger partial charge is 0.247 e. The van der Waals surface area contributed by atoms with Gasteiger partial charge in [0.2, 0.25) is 5.95 Å². The van der Waals surface area contributed by atoms with Crippen LogP contribution in [0.25, 0.3) is 22.2 Å². The Morgan fingerprint density at radius 3 is 2.52 bits per heavy atom. The molecule has 0 aliphatic rings. The topological polar surface area (TPSA) is 66.0 Å². The predicted octanol–water partition coefficient (Wildman–Crippen LogP) is 3.17. The molecule has 2 N–H and O–H groups in total.